The third-order valence-electron chi connectivity index (χ3n) is 1.94. The second-order valence-corrected chi connectivity index (χ2v) is 4.41. The maximum absolute atomic E-state index is 10.4. The summed E-state index contributed by atoms with van der Waals surface area (Å²) in [4.78, 5) is 10.4. The van der Waals surface area contributed by atoms with Gasteiger partial charge in [0.15, 0.2) is 0 Å². The molecule has 15 heavy (non-hydrogen) atoms. The predicted octanol–water partition coefficient (Wildman–Crippen LogP) is 1.46. The highest BCUT2D eigenvalue weighted by Crippen LogP contribution is 2.08. The summed E-state index contributed by atoms with van der Waals surface area (Å²) in [6, 6.07) is 7.31. The molecule has 0 aliphatic heterocycles. The van der Waals surface area contributed by atoms with Crippen LogP contribution in [0.3, 0.4) is 0 Å². The number of carboxylic acid groups (broad SMARTS) is 1. The average molecular weight is 321 g/mol. The molecule has 82 valence electrons. The number of aliphatic hydroxyl groups excluding tert-OH is 1. The molecule has 0 spiro atoms. The SMILES string of the molecule is O=C(O)N[C@H](CO)Cc1ccc(I)cc1. The van der Waals surface area contributed by atoms with E-state index in [1.54, 1.807) is 0 Å². The van der Waals surface area contributed by atoms with E-state index in [2.05, 4.69) is 27.9 Å². The van der Waals surface area contributed by atoms with E-state index in [-0.39, 0.29) is 6.61 Å². The smallest absolute Gasteiger partial charge is 0.404 e. The number of benzene rings is 1. The monoisotopic (exact) mass is 321 g/mol. The first-order valence-corrected chi connectivity index (χ1v) is 5.54. The van der Waals surface area contributed by atoms with Crippen molar-refractivity contribution in [2.45, 2.75) is 12.5 Å². The number of hydrogen-bond donors (Lipinski definition) is 3. The summed E-state index contributed by atoms with van der Waals surface area (Å²) in [6.07, 6.45) is -0.612. The second kappa shape index (κ2) is 5.92. The Morgan fingerprint density at radius 1 is 1.40 bits per heavy atom. The van der Waals surface area contributed by atoms with E-state index < -0.39 is 12.1 Å². The van der Waals surface area contributed by atoms with Crippen LogP contribution in [0.25, 0.3) is 0 Å². The zero-order valence-electron chi connectivity index (χ0n) is 7.98. The van der Waals surface area contributed by atoms with Gasteiger partial charge in [-0.15, -0.1) is 0 Å². The predicted molar refractivity (Wildman–Crippen MR) is 64.9 cm³/mol. The van der Waals surface area contributed by atoms with E-state index in [1.165, 1.54) is 0 Å². The van der Waals surface area contributed by atoms with Gasteiger partial charge in [0.25, 0.3) is 0 Å². The van der Waals surface area contributed by atoms with Crippen LogP contribution in [-0.2, 0) is 6.42 Å². The number of carbonyl (C=O) groups is 1. The van der Waals surface area contributed by atoms with Gasteiger partial charge in [0.05, 0.1) is 12.6 Å². The second-order valence-electron chi connectivity index (χ2n) is 3.16. The van der Waals surface area contributed by atoms with Crippen LogP contribution < -0.4 is 5.32 Å². The molecule has 0 saturated carbocycles. The number of hydrogen-bond acceptors (Lipinski definition) is 2. The Labute approximate surface area is 101 Å². The van der Waals surface area contributed by atoms with Crippen molar-refractivity contribution in [1.29, 1.82) is 0 Å². The first-order chi connectivity index (χ1) is 7.11. The Bertz CT molecular complexity index is 326. The third-order valence-corrected chi connectivity index (χ3v) is 2.66. The topological polar surface area (TPSA) is 69.6 Å². The van der Waals surface area contributed by atoms with E-state index in [9.17, 15) is 4.79 Å². The lowest BCUT2D eigenvalue weighted by molar-refractivity contribution is 0.177. The fraction of sp³-hybridized carbons (Fsp3) is 0.300. The highest BCUT2D eigenvalue weighted by atomic mass is 127. The summed E-state index contributed by atoms with van der Waals surface area (Å²) in [5.74, 6) is 0. The Morgan fingerprint density at radius 2 is 2.00 bits per heavy atom. The number of rotatable bonds is 4. The molecule has 0 aliphatic rings. The minimum absolute atomic E-state index is 0.196. The molecule has 1 aromatic carbocycles. The van der Waals surface area contributed by atoms with Crippen molar-refractivity contribution in [3.05, 3.63) is 33.4 Å². The van der Waals surface area contributed by atoms with Crippen LogP contribution in [0, 0.1) is 3.57 Å². The maximum atomic E-state index is 10.4. The molecule has 1 amide bonds. The van der Waals surface area contributed by atoms with Crippen molar-refractivity contribution in [2.24, 2.45) is 0 Å². The Balaban J connectivity index is 2.58. The Kier molecular flexibility index (Phi) is 4.83. The van der Waals surface area contributed by atoms with Crippen molar-refractivity contribution in [3.63, 3.8) is 0 Å². The lowest BCUT2D eigenvalue weighted by atomic mass is 10.1. The highest BCUT2D eigenvalue weighted by Gasteiger charge is 2.10. The van der Waals surface area contributed by atoms with Crippen LogP contribution in [0.15, 0.2) is 24.3 Å². The molecule has 0 bridgehead atoms. The zero-order valence-corrected chi connectivity index (χ0v) is 10.1. The van der Waals surface area contributed by atoms with Crippen LogP contribution in [0.2, 0.25) is 0 Å². The lowest BCUT2D eigenvalue weighted by Crippen LogP contribution is -2.38. The number of aliphatic hydroxyl groups is 1. The number of amides is 1. The van der Waals surface area contributed by atoms with Crippen LogP contribution in [0.1, 0.15) is 5.56 Å². The molecule has 0 unspecified atom stereocenters. The van der Waals surface area contributed by atoms with Gasteiger partial charge < -0.3 is 15.5 Å². The molecule has 0 aliphatic carbocycles. The van der Waals surface area contributed by atoms with Gasteiger partial charge in [-0.05, 0) is 46.7 Å². The largest absolute Gasteiger partial charge is 0.465 e. The van der Waals surface area contributed by atoms with Gasteiger partial charge in [0.1, 0.15) is 0 Å². The molecule has 1 atom stereocenters. The first kappa shape index (κ1) is 12.3. The Hall–Kier alpha value is -0.820. The van der Waals surface area contributed by atoms with Gasteiger partial charge in [-0.25, -0.2) is 4.79 Å². The van der Waals surface area contributed by atoms with Gasteiger partial charge in [-0.1, -0.05) is 12.1 Å². The molecule has 0 saturated heterocycles. The van der Waals surface area contributed by atoms with Crippen molar-refractivity contribution in [1.82, 2.24) is 5.32 Å². The van der Waals surface area contributed by atoms with Crippen LogP contribution in [0.4, 0.5) is 4.79 Å². The van der Waals surface area contributed by atoms with Crippen LogP contribution >= 0.6 is 22.6 Å². The quantitative estimate of drug-likeness (QED) is 0.736. The molecular weight excluding hydrogens is 309 g/mol. The van der Waals surface area contributed by atoms with E-state index in [4.69, 9.17) is 10.2 Å². The normalized spacial score (nSPS) is 12.1. The molecular formula is C10H12INO3. The molecule has 5 heteroatoms. The van der Waals surface area contributed by atoms with Gasteiger partial charge >= 0.3 is 6.09 Å². The molecule has 0 aromatic heterocycles. The van der Waals surface area contributed by atoms with E-state index in [0.29, 0.717) is 6.42 Å². The summed E-state index contributed by atoms with van der Waals surface area (Å²) < 4.78 is 1.13. The molecule has 1 rings (SSSR count). The Morgan fingerprint density at radius 3 is 2.47 bits per heavy atom. The summed E-state index contributed by atoms with van der Waals surface area (Å²) in [5.41, 5.74) is 1.00. The van der Waals surface area contributed by atoms with Crippen molar-refractivity contribution < 1.29 is 15.0 Å². The molecule has 1 aromatic rings. The van der Waals surface area contributed by atoms with Crippen LogP contribution in [0.5, 0.6) is 0 Å². The number of halogens is 1. The molecule has 0 fully saturated rings. The number of nitrogens with one attached hydrogen (secondary N) is 1. The molecule has 0 radical (unpaired) electrons. The van der Waals surface area contributed by atoms with E-state index in [1.807, 2.05) is 24.3 Å². The summed E-state index contributed by atoms with van der Waals surface area (Å²) >= 11 is 2.20. The summed E-state index contributed by atoms with van der Waals surface area (Å²) in [6.45, 7) is -0.196. The van der Waals surface area contributed by atoms with Crippen LogP contribution in [-0.4, -0.2) is 29.0 Å². The lowest BCUT2D eigenvalue weighted by Gasteiger charge is -2.13. The fourth-order valence-corrected chi connectivity index (χ4v) is 1.60. The van der Waals surface area contributed by atoms with Crippen molar-refractivity contribution in [3.8, 4) is 0 Å². The maximum Gasteiger partial charge on any atom is 0.404 e. The van der Waals surface area contributed by atoms with Crippen molar-refractivity contribution >= 4 is 28.7 Å². The highest BCUT2D eigenvalue weighted by molar-refractivity contribution is 14.1. The molecule has 4 nitrogen and oxygen atoms in total. The first-order valence-electron chi connectivity index (χ1n) is 4.46. The van der Waals surface area contributed by atoms with Gasteiger partial charge in [0, 0.05) is 3.57 Å². The minimum Gasteiger partial charge on any atom is -0.465 e. The minimum atomic E-state index is -1.11. The van der Waals surface area contributed by atoms with Gasteiger partial charge in [-0.2, -0.15) is 0 Å². The summed E-state index contributed by atoms with van der Waals surface area (Å²) in [7, 11) is 0. The van der Waals surface area contributed by atoms with Gasteiger partial charge in [0.2, 0.25) is 0 Å². The fourth-order valence-electron chi connectivity index (χ4n) is 1.24. The van der Waals surface area contributed by atoms with E-state index >= 15 is 0 Å². The average Bonchev–Trinajstić information content (AvgIpc) is 2.19. The third kappa shape index (κ3) is 4.48. The summed E-state index contributed by atoms with van der Waals surface area (Å²) in [5, 5.41) is 19.7. The van der Waals surface area contributed by atoms with E-state index in [0.717, 1.165) is 9.13 Å². The van der Waals surface area contributed by atoms with Crippen molar-refractivity contribution in [2.75, 3.05) is 6.61 Å². The standard InChI is InChI=1S/C10H12INO3/c11-8-3-1-7(2-4-8)5-9(6-13)12-10(14)15/h1-4,9,12-13H,5-6H2,(H,14,15)/t9-/m0/s1. The molecule has 0 heterocycles. The molecule has 3 N–H and O–H groups in total. The van der Waals surface area contributed by atoms with Gasteiger partial charge in [-0.3, -0.25) is 0 Å². The zero-order chi connectivity index (χ0) is 11.3.